The standard InChI is InChI=1S/C7H6BrN3S2/c1-11-6(9-10-7(11)12)4-2-3-5(8)13-4/h2-3H,1H3,(H,10,12). The molecule has 2 aromatic rings. The molecule has 0 saturated carbocycles. The average Bonchev–Trinajstić information content (AvgIpc) is 2.62. The Bertz CT molecular complexity index is 482. The molecule has 6 heteroatoms. The zero-order valence-electron chi connectivity index (χ0n) is 6.74. The van der Waals surface area contributed by atoms with Crippen LogP contribution >= 0.6 is 39.5 Å². The van der Waals surface area contributed by atoms with E-state index >= 15 is 0 Å². The second-order valence-corrected chi connectivity index (χ2v) is 5.36. The van der Waals surface area contributed by atoms with E-state index in [4.69, 9.17) is 12.2 Å². The van der Waals surface area contributed by atoms with Crippen LogP contribution in [-0.4, -0.2) is 14.8 Å². The Morgan fingerprint density at radius 1 is 1.62 bits per heavy atom. The Balaban J connectivity index is 2.58. The van der Waals surface area contributed by atoms with Gasteiger partial charge in [-0.25, -0.2) is 0 Å². The molecule has 0 spiro atoms. The van der Waals surface area contributed by atoms with Gasteiger partial charge in [0.1, 0.15) is 0 Å². The van der Waals surface area contributed by atoms with Gasteiger partial charge in [-0.15, -0.1) is 11.3 Å². The fourth-order valence-electron chi connectivity index (χ4n) is 1.00. The SMILES string of the molecule is Cn1c(-c2ccc(Br)s2)n[nH]c1=S. The first-order valence-electron chi connectivity index (χ1n) is 3.55. The second-order valence-electron chi connectivity index (χ2n) is 2.52. The van der Waals surface area contributed by atoms with Gasteiger partial charge in [0, 0.05) is 7.05 Å². The molecule has 0 aromatic carbocycles. The van der Waals surface area contributed by atoms with E-state index in [0.717, 1.165) is 14.5 Å². The maximum atomic E-state index is 5.02. The zero-order chi connectivity index (χ0) is 9.42. The van der Waals surface area contributed by atoms with E-state index < -0.39 is 0 Å². The van der Waals surface area contributed by atoms with Crippen molar-refractivity contribution in [2.75, 3.05) is 0 Å². The molecular formula is C7H6BrN3S2. The van der Waals surface area contributed by atoms with E-state index in [9.17, 15) is 0 Å². The van der Waals surface area contributed by atoms with Crippen molar-refractivity contribution < 1.29 is 0 Å². The van der Waals surface area contributed by atoms with Gasteiger partial charge in [0.15, 0.2) is 10.6 Å². The van der Waals surface area contributed by atoms with Crippen molar-refractivity contribution in [1.82, 2.24) is 14.8 Å². The molecule has 2 heterocycles. The summed E-state index contributed by atoms with van der Waals surface area (Å²) in [4.78, 5) is 1.10. The molecule has 68 valence electrons. The van der Waals surface area contributed by atoms with Gasteiger partial charge in [-0.05, 0) is 40.3 Å². The molecule has 0 unspecified atom stereocenters. The molecule has 0 bridgehead atoms. The van der Waals surface area contributed by atoms with Crippen LogP contribution in [0.15, 0.2) is 15.9 Å². The number of thiophene rings is 1. The summed E-state index contributed by atoms with van der Waals surface area (Å²) in [6, 6.07) is 4.01. The molecule has 2 rings (SSSR count). The van der Waals surface area contributed by atoms with Gasteiger partial charge in [0.05, 0.1) is 8.66 Å². The molecule has 0 saturated heterocycles. The highest BCUT2D eigenvalue weighted by Crippen LogP contribution is 2.29. The summed E-state index contributed by atoms with van der Waals surface area (Å²) in [5.74, 6) is 0.876. The lowest BCUT2D eigenvalue weighted by molar-refractivity contribution is 0.904. The third-order valence-corrected chi connectivity index (χ3v) is 3.66. The highest BCUT2D eigenvalue weighted by atomic mass is 79.9. The molecular weight excluding hydrogens is 270 g/mol. The highest BCUT2D eigenvalue weighted by molar-refractivity contribution is 9.11. The van der Waals surface area contributed by atoms with Gasteiger partial charge in [-0.3, -0.25) is 5.10 Å². The van der Waals surface area contributed by atoms with Crippen LogP contribution in [0.5, 0.6) is 0 Å². The number of aromatic nitrogens is 3. The predicted molar refractivity (Wildman–Crippen MR) is 59.4 cm³/mol. The van der Waals surface area contributed by atoms with Crippen LogP contribution in [0.1, 0.15) is 0 Å². The molecule has 3 nitrogen and oxygen atoms in total. The minimum Gasteiger partial charge on any atom is -0.303 e. The number of nitrogens with one attached hydrogen (secondary N) is 1. The monoisotopic (exact) mass is 275 g/mol. The second kappa shape index (κ2) is 3.36. The summed E-state index contributed by atoms with van der Waals surface area (Å²) in [6.45, 7) is 0. The van der Waals surface area contributed by atoms with Crippen LogP contribution in [0, 0.1) is 4.77 Å². The molecule has 0 aliphatic heterocycles. The van der Waals surface area contributed by atoms with Crippen molar-refractivity contribution in [1.29, 1.82) is 0 Å². The molecule has 0 radical (unpaired) electrons. The van der Waals surface area contributed by atoms with E-state index in [-0.39, 0.29) is 0 Å². The van der Waals surface area contributed by atoms with Crippen LogP contribution in [0.3, 0.4) is 0 Å². The Labute approximate surface area is 92.5 Å². The van der Waals surface area contributed by atoms with Crippen LogP contribution in [-0.2, 0) is 7.05 Å². The third kappa shape index (κ3) is 1.61. The molecule has 0 amide bonds. The first-order valence-corrected chi connectivity index (χ1v) is 5.57. The number of halogens is 1. The van der Waals surface area contributed by atoms with E-state index in [1.807, 2.05) is 23.7 Å². The van der Waals surface area contributed by atoms with E-state index in [1.165, 1.54) is 0 Å². The average molecular weight is 276 g/mol. The van der Waals surface area contributed by atoms with Crippen molar-refractivity contribution in [3.8, 4) is 10.7 Å². The molecule has 1 N–H and O–H groups in total. The molecule has 0 aliphatic rings. The van der Waals surface area contributed by atoms with Crippen molar-refractivity contribution in [3.63, 3.8) is 0 Å². The van der Waals surface area contributed by atoms with E-state index in [2.05, 4.69) is 26.1 Å². The molecule has 13 heavy (non-hydrogen) atoms. The van der Waals surface area contributed by atoms with Gasteiger partial charge < -0.3 is 4.57 Å². The minimum atomic E-state index is 0.638. The van der Waals surface area contributed by atoms with Gasteiger partial charge >= 0.3 is 0 Å². The van der Waals surface area contributed by atoms with Gasteiger partial charge in [-0.2, -0.15) is 5.10 Å². The quantitative estimate of drug-likeness (QED) is 0.812. The summed E-state index contributed by atoms with van der Waals surface area (Å²) in [5.41, 5.74) is 0. The predicted octanol–water partition coefficient (Wildman–Crippen LogP) is 2.97. The van der Waals surface area contributed by atoms with Gasteiger partial charge in [-0.1, -0.05) is 0 Å². The summed E-state index contributed by atoms with van der Waals surface area (Å²) in [7, 11) is 1.90. The Kier molecular flexibility index (Phi) is 2.35. The fourth-order valence-corrected chi connectivity index (χ4v) is 2.55. The lowest BCUT2D eigenvalue weighted by Crippen LogP contribution is -1.89. The number of aromatic amines is 1. The summed E-state index contributed by atoms with van der Waals surface area (Å²) < 4.78 is 3.59. The van der Waals surface area contributed by atoms with Crippen LogP contribution < -0.4 is 0 Å². The Morgan fingerprint density at radius 2 is 2.38 bits per heavy atom. The topological polar surface area (TPSA) is 33.6 Å². The third-order valence-electron chi connectivity index (χ3n) is 1.67. The number of hydrogen-bond acceptors (Lipinski definition) is 3. The van der Waals surface area contributed by atoms with Crippen molar-refractivity contribution in [2.24, 2.45) is 7.05 Å². The summed E-state index contributed by atoms with van der Waals surface area (Å²) in [5, 5.41) is 6.89. The molecule has 0 atom stereocenters. The van der Waals surface area contributed by atoms with Crippen molar-refractivity contribution >= 4 is 39.5 Å². The van der Waals surface area contributed by atoms with Crippen molar-refractivity contribution in [3.05, 3.63) is 20.7 Å². The largest absolute Gasteiger partial charge is 0.303 e. The normalized spacial score (nSPS) is 10.6. The zero-order valence-corrected chi connectivity index (χ0v) is 9.96. The van der Waals surface area contributed by atoms with Crippen LogP contribution in [0.4, 0.5) is 0 Å². The Hall–Kier alpha value is -0.460. The van der Waals surface area contributed by atoms with E-state index in [0.29, 0.717) is 4.77 Å². The van der Waals surface area contributed by atoms with Crippen LogP contribution in [0.2, 0.25) is 0 Å². The molecule has 0 aliphatic carbocycles. The number of H-pyrrole nitrogens is 1. The molecule has 0 fully saturated rings. The highest BCUT2D eigenvalue weighted by Gasteiger charge is 2.07. The summed E-state index contributed by atoms with van der Waals surface area (Å²) in [6.07, 6.45) is 0. The van der Waals surface area contributed by atoms with Crippen LogP contribution in [0.25, 0.3) is 10.7 Å². The number of rotatable bonds is 1. The first-order chi connectivity index (χ1) is 6.18. The lowest BCUT2D eigenvalue weighted by atomic mass is 10.4. The smallest absolute Gasteiger partial charge is 0.195 e. The number of hydrogen-bond donors (Lipinski definition) is 1. The maximum absolute atomic E-state index is 5.02. The summed E-state index contributed by atoms with van der Waals surface area (Å²) >= 11 is 10.1. The van der Waals surface area contributed by atoms with Gasteiger partial charge in [0.2, 0.25) is 0 Å². The number of nitrogens with zero attached hydrogens (tertiary/aromatic N) is 2. The fraction of sp³-hybridized carbons (Fsp3) is 0.143. The van der Waals surface area contributed by atoms with Crippen molar-refractivity contribution in [2.45, 2.75) is 0 Å². The minimum absolute atomic E-state index is 0.638. The van der Waals surface area contributed by atoms with Gasteiger partial charge in [0.25, 0.3) is 0 Å². The molecule has 2 aromatic heterocycles. The first kappa shape index (κ1) is 9.11. The lowest BCUT2D eigenvalue weighted by Gasteiger charge is -1.93. The Morgan fingerprint density at radius 3 is 2.85 bits per heavy atom. The van der Waals surface area contributed by atoms with E-state index in [1.54, 1.807) is 11.3 Å². The maximum Gasteiger partial charge on any atom is 0.195 e.